The number of aliphatic hydroxyl groups is 2. The molecule has 0 aromatic rings. The smallest absolute Gasteiger partial charge is 0.261 e. The zero-order chi connectivity index (χ0) is 20.0. The monoisotopic (exact) mass is 454 g/mol. The van der Waals surface area contributed by atoms with Crippen LogP contribution in [0.4, 0.5) is 0 Å². The van der Waals surface area contributed by atoms with Gasteiger partial charge in [-0.2, -0.15) is 0 Å². The summed E-state index contributed by atoms with van der Waals surface area (Å²) in [6, 6.07) is -1.36. The van der Waals surface area contributed by atoms with Gasteiger partial charge in [-0.25, -0.2) is 0 Å². The molecule has 10 atom stereocenters. The molecule has 5 saturated heterocycles. The molecular weight excluding hydrogens is 436 g/mol. The van der Waals surface area contributed by atoms with Gasteiger partial charge < -0.3 is 20.0 Å². The third-order valence-electron chi connectivity index (χ3n) is 8.02. The van der Waals surface area contributed by atoms with E-state index < -0.39 is 51.1 Å². The van der Waals surface area contributed by atoms with Gasteiger partial charge in [-0.1, -0.05) is 21.6 Å². The lowest BCUT2D eigenvalue weighted by Crippen LogP contribution is -2.74. The Morgan fingerprint density at radius 3 is 2.41 bits per heavy atom. The van der Waals surface area contributed by atoms with Gasteiger partial charge >= 0.3 is 0 Å². The summed E-state index contributed by atoms with van der Waals surface area (Å²) in [6.45, 7) is 0. The molecule has 7 rings (SSSR count). The normalized spacial score (nSPS) is 56.8. The zero-order valence-corrected chi connectivity index (χ0v) is 17.5. The first-order valence-electron chi connectivity index (χ1n) is 9.92. The summed E-state index contributed by atoms with van der Waals surface area (Å²) >= 11 is 1.20. The highest BCUT2D eigenvalue weighted by Crippen LogP contribution is 2.68. The van der Waals surface area contributed by atoms with E-state index in [1.165, 1.54) is 43.1 Å². The van der Waals surface area contributed by atoms with Gasteiger partial charge in [0.05, 0.1) is 34.8 Å². The zero-order valence-electron chi connectivity index (χ0n) is 15.1. The molecule has 2 amide bonds. The Bertz CT molecular complexity index is 929. The molecule has 154 valence electrons. The van der Waals surface area contributed by atoms with E-state index in [4.69, 9.17) is 0 Å². The highest BCUT2D eigenvalue weighted by Gasteiger charge is 2.80. The van der Waals surface area contributed by atoms with Gasteiger partial charge in [0.1, 0.15) is 5.78 Å². The van der Waals surface area contributed by atoms with E-state index in [1.807, 2.05) is 0 Å². The number of hydrogen-bond acceptors (Lipinski definition) is 9. The van der Waals surface area contributed by atoms with Crippen molar-refractivity contribution in [2.24, 2.45) is 11.8 Å². The van der Waals surface area contributed by atoms with Crippen LogP contribution in [0.25, 0.3) is 0 Å². The van der Waals surface area contributed by atoms with E-state index in [-0.39, 0.29) is 54.3 Å². The molecule has 5 aliphatic heterocycles. The molecule has 0 aromatic carbocycles. The second-order valence-electron chi connectivity index (χ2n) is 9.21. The summed E-state index contributed by atoms with van der Waals surface area (Å²) in [7, 11) is 2.61. The van der Waals surface area contributed by atoms with Crippen LogP contribution < -0.4 is 0 Å². The molecule has 7 fully saturated rings. The number of aliphatic hydroxyl groups excluding tert-OH is 2. The fourth-order valence-corrected chi connectivity index (χ4v) is 12.3. The molecule has 0 unspecified atom stereocenters. The SMILES string of the molecule is O=C1C[C@H]2SS[C@@]34C[C@@H]1[C@@H]([C@H]2O)N3C(=O)[C@]12C[C@H]3C(=O)[C@H](C[C@H](O)[C@H]3N1C4=O)S2. The summed E-state index contributed by atoms with van der Waals surface area (Å²) in [5.74, 6) is -1.56. The van der Waals surface area contributed by atoms with Crippen LogP contribution in [0.15, 0.2) is 0 Å². The van der Waals surface area contributed by atoms with Crippen molar-refractivity contribution in [1.82, 2.24) is 9.80 Å². The molecule has 6 bridgehead atoms. The molecule has 29 heavy (non-hydrogen) atoms. The third-order valence-corrected chi connectivity index (χ3v) is 13.1. The number of rotatable bonds is 0. The maximum absolute atomic E-state index is 14.1. The van der Waals surface area contributed by atoms with E-state index in [1.54, 1.807) is 0 Å². The highest BCUT2D eigenvalue weighted by atomic mass is 33.1. The number of ketones is 2. The summed E-state index contributed by atoms with van der Waals surface area (Å²) in [6.07, 6.45) is -0.750. The van der Waals surface area contributed by atoms with Crippen molar-refractivity contribution in [2.75, 3.05) is 0 Å². The van der Waals surface area contributed by atoms with Crippen molar-refractivity contribution >= 4 is 56.7 Å². The fourth-order valence-electron chi connectivity index (χ4n) is 6.88. The van der Waals surface area contributed by atoms with Crippen LogP contribution in [0, 0.1) is 11.8 Å². The fraction of sp³-hybridized carbons (Fsp3) is 0.778. The van der Waals surface area contributed by atoms with Crippen LogP contribution in [0.1, 0.15) is 25.7 Å². The number of carbonyl (C=O) groups excluding carboxylic acids is 4. The largest absolute Gasteiger partial charge is 0.391 e. The molecule has 0 radical (unpaired) electrons. The van der Waals surface area contributed by atoms with E-state index >= 15 is 0 Å². The maximum Gasteiger partial charge on any atom is 0.261 e. The van der Waals surface area contributed by atoms with Crippen molar-refractivity contribution in [3.05, 3.63) is 0 Å². The molecule has 7 aliphatic rings. The van der Waals surface area contributed by atoms with E-state index in [2.05, 4.69) is 0 Å². The van der Waals surface area contributed by atoms with E-state index in [9.17, 15) is 29.4 Å². The standard InChI is InChI=1S/C18H18N2O6S3/c21-7-1-10-14(24)12-5(7)3-18(29-28-10)16(26)19-11-6-4-17(19,15(25)20(12)18)27-9(13(6)23)2-8(11)22/h5-6,8-12,14,22,24H,1-4H2/t5-,6+,8-,9-,10+,11-,12-,14-,17+,18+/m0/s1. The summed E-state index contributed by atoms with van der Waals surface area (Å²) < 4.78 is 0. The van der Waals surface area contributed by atoms with Gasteiger partial charge in [0.25, 0.3) is 11.8 Å². The molecule has 1 spiro atoms. The lowest BCUT2D eigenvalue weighted by Gasteiger charge is -2.53. The Labute approximate surface area is 177 Å². The van der Waals surface area contributed by atoms with Crippen molar-refractivity contribution in [2.45, 2.75) is 70.2 Å². The Hall–Kier alpha value is -0.750. The quantitative estimate of drug-likeness (QED) is 0.462. The first kappa shape index (κ1) is 17.9. The average Bonchev–Trinajstić information content (AvgIpc) is 3.11. The lowest BCUT2D eigenvalue weighted by atomic mass is 9.80. The minimum atomic E-state index is -1.24. The Kier molecular flexibility index (Phi) is 3.19. The lowest BCUT2D eigenvalue weighted by molar-refractivity contribution is -0.169. The molecule has 2 N–H and O–H groups in total. The summed E-state index contributed by atoms with van der Waals surface area (Å²) in [4.78, 5) is 54.3. The van der Waals surface area contributed by atoms with Crippen LogP contribution in [0.5, 0.6) is 0 Å². The Morgan fingerprint density at radius 2 is 1.62 bits per heavy atom. The number of nitrogens with zero attached hydrogens (tertiary/aromatic N) is 2. The molecule has 2 saturated carbocycles. The van der Waals surface area contributed by atoms with Crippen LogP contribution in [0.2, 0.25) is 0 Å². The predicted octanol–water partition coefficient (Wildman–Crippen LogP) is -0.627. The van der Waals surface area contributed by atoms with Gasteiger partial charge in [0.2, 0.25) is 0 Å². The van der Waals surface area contributed by atoms with Gasteiger partial charge in [0.15, 0.2) is 15.5 Å². The predicted molar refractivity (Wildman–Crippen MR) is 105 cm³/mol. The molecule has 5 heterocycles. The number of thioether (sulfide) groups is 1. The topological polar surface area (TPSA) is 115 Å². The van der Waals surface area contributed by atoms with Crippen molar-refractivity contribution < 1.29 is 29.4 Å². The first-order chi connectivity index (χ1) is 13.8. The second kappa shape index (κ2) is 5.17. The number of fused-ring (bicyclic) bond motifs is 3. The van der Waals surface area contributed by atoms with Crippen LogP contribution in [-0.2, 0) is 19.2 Å². The van der Waals surface area contributed by atoms with E-state index in [0.29, 0.717) is 0 Å². The number of hydrogen-bond donors (Lipinski definition) is 2. The maximum atomic E-state index is 14.1. The Balaban J connectivity index is 1.44. The third kappa shape index (κ3) is 1.73. The molecule has 2 aliphatic carbocycles. The number of Topliss-reactive ketones (excluding diaryl/α,β-unsaturated/α-hetero) is 2. The first-order valence-corrected chi connectivity index (χ1v) is 13.0. The summed E-state index contributed by atoms with van der Waals surface area (Å²) in [5.41, 5.74) is 0. The minimum absolute atomic E-state index is 0.0102. The number of piperazine rings is 1. The van der Waals surface area contributed by atoms with Crippen LogP contribution in [0.3, 0.4) is 0 Å². The van der Waals surface area contributed by atoms with Crippen molar-refractivity contribution in [1.29, 1.82) is 0 Å². The molecule has 8 nitrogen and oxygen atoms in total. The highest BCUT2D eigenvalue weighted by molar-refractivity contribution is 8.77. The van der Waals surface area contributed by atoms with Crippen molar-refractivity contribution in [3.8, 4) is 0 Å². The second-order valence-corrected chi connectivity index (χ2v) is 13.4. The number of carbonyl (C=O) groups is 4. The van der Waals surface area contributed by atoms with Gasteiger partial charge in [-0.15, -0.1) is 11.8 Å². The summed E-state index contributed by atoms with van der Waals surface area (Å²) in [5, 5.41) is 20.9. The van der Waals surface area contributed by atoms with E-state index in [0.717, 1.165) is 0 Å². The van der Waals surface area contributed by atoms with Crippen LogP contribution in [-0.4, -0.2) is 87.9 Å². The van der Waals surface area contributed by atoms with Crippen LogP contribution >= 0.6 is 33.3 Å². The number of amides is 2. The molecular formula is C18H18N2O6S3. The average molecular weight is 455 g/mol. The van der Waals surface area contributed by atoms with Gasteiger partial charge in [0, 0.05) is 31.1 Å². The minimum Gasteiger partial charge on any atom is -0.391 e. The van der Waals surface area contributed by atoms with Gasteiger partial charge in [-0.05, 0) is 6.42 Å². The van der Waals surface area contributed by atoms with Gasteiger partial charge in [-0.3, -0.25) is 19.2 Å². The van der Waals surface area contributed by atoms with Crippen molar-refractivity contribution in [3.63, 3.8) is 0 Å². The Morgan fingerprint density at radius 1 is 0.931 bits per heavy atom. The molecule has 0 aromatic heterocycles. The molecule has 11 heteroatoms.